The zero-order chi connectivity index (χ0) is 13.7. The van der Waals surface area contributed by atoms with Gasteiger partial charge in [-0.25, -0.2) is 0 Å². The summed E-state index contributed by atoms with van der Waals surface area (Å²) in [6.45, 7) is 1.99. The summed E-state index contributed by atoms with van der Waals surface area (Å²) in [5.41, 5.74) is 1.16. The monoisotopic (exact) mass is 258 g/mol. The Morgan fingerprint density at radius 2 is 2.11 bits per heavy atom. The molecule has 0 aromatic heterocycles. The van der Waals surface area contributed by atoms with Gasteiger partial charge in [-0.1, -0.05) is 0 Å². The number of ether oxygens (including phenoxy) is 1. The van der Waals surface area contributed by atoms with Crippen LogP contribution < -0.4 is 0 Å². The number of likely N-dealkylation sites (N-methyl/N-ethyl adjacent to an activating group) is 1. The van der Waals surface area contributed by atoms with Gasteiger partial charge >= 0.3 is 0 Å². The second-order valence-electron chi connectivity index (χ2n) is 4.93. The molecule has 0 N–H and O–H groups in total. The lowest BCUT2D eigenvalue weighted by molar-refractivity contribution is 0.0681. The van der Waals surface area contributed by atoms with Crippen LogP contribution in [0.25, 0.3) is 0 Å². The van der Waals surface area contributed by atoms with Crippen molar-refractivity contribution in [3.8, 4) is 6.07 Å². The summed E-state index contributed by atoms with van der Waals surface area (Å²) < 4.78 is 5.51. The lowest BCUT2D eigenvalue weighted by atomic mass is 10.1. The van der Waals surface area contributed by atoms with Crippen LogP contribution in [0.4, 0.5) is 0 Å². The van der Waals surface area contributed by atoms with Gasteiger partial charge < -0.3 is 9.64 Å². The summed E-state index contributed by atoms with van der Waals surface area (Å²) in [5.74, 6) is 0.707. The second kappa shape index (κ2) is 6.35. The average Bonchev–Trinajstić information content (AvgIpc) is 3.27. The minimum Gasteiger partial charge on any atom is -0.379 e. The van der Waals surface area contributed by atoms with Crippen molar-refractivity contribution in [3.63, 3.8) is 0 Å². The quantitative estimate of drug-likeness (QED) is 0.734. The molecule has 1 aromatic rings. The topological polar surface area (TPSA) is 53.3 Å². The minimum atomic E-state index is -0.0421. The summed E-state index contributed by atoms with van der Waals surface area (Å²) in [6, 6.07) is 8.72. The molecule has 0 spiro atoms. The third kappa shape index (κ3) is 4.08. The van der Waals surface area contributed by atoms with E-state index in [0.717, 1.165) is 12.5 Å². The van der Waals surface area contributed by atoms with Gasteiger partial charge in [0, 0.05) is 25.8 Å². The van der Waals surface area contributed by atoms with Crippen LogP contribution in [-0.2, 0) is 4.74 Å². The number of amides is 1. The molecule has 0 bridgehead atoms. The SMILES string of the molecule is CN(CCOCC1CC1)C(=O)c1ccc(C#N)cc1. The largest absolute Gasteiger partial charge is 0.379 e. The number of hydrogen-bond acceptors (Lipinski definition) is 3. The Morgan fingerprint density at radius 3 is 2.68 bits per heavy atom. The van der Waals surface area contributed by atoms with Crippen molar-refractivity contribution < 1.29 is 9.53 Å². The van der Waals surface area contributed by atoms with E-state index in [9.17, 15) is 4.79 Å². The van der Waals surface area contributed by atoms with Crippen LogP contribution in [0.5, 0.6) is 0 Å². The molecular formula is C15H18N2O2. The molecule has 1 saturated carbocycles. The maximum Gasteiger partial charge on any atom is 0.253 e. The lowest BCUT2D eigenvalue weighted by Gasteiger charge is -2.17. The molecule has 1 aliphatic rings. The summed E-state index contributed by atoms with van der Waals surface area (Å²) >= 11 is 0. The molecule has 4 heteroatoms. The van der Waals surface area contributed by atoms with Gasteiger partial charge in [0.1, 0.15) is 0 Å². The van der Waals surface area contributed by atoms with E-state index in [-0.39, 0.29) is 5.91 Å². The fraction of sp³-hybridized carbons (Fsp3) is 0.467. The van der Waals surface area contributed by atoms with Crippen molar-refractivity contribution in [2.75, 3.05) is 26.8 Å². The Morgan fingerprint density at radius 1 is 1.42 bits per heavy atom. The zero-order valence-corrected chi connectivity index (χ0v) is 11.1. The fourth-order valence-electron chi connectivity index (χ4n) is 1.75. The third-order valence-electron chi connectivity index (χ3n) is 3.23. The molecule has 0 heterocycles. The highest BCUT2D eigenvalue weighted by atomic mass is 16.5. The number of carbonyl (C=O) groups is 1. The predicted octanol–water partition coefficient (Wildman–Crippen LogP) is 2.06. The molecule has 1 aromatic carbocycles. The summed E-state index contributed by atoms with van der Waals surface area (Å²) in [7, 11) is 1.76. The first kappa shape index (κ1) is 13.6. The molecule has 2 rings (SSSR count). The van der Waals surface area contributed by atoms with Crippen molar-refractivity contribution in [2.24, 2.45) is 5.92 Å². The molecule has 0 atom stereocenters. The van der Waals surface area contributed by atoms with E-state index in [2.05, 4.69) is 0 Å². The van der Waals surface area contributed by atoms with Gasteiger partial charge in [0.05, 0.1) is 18.2 Å². The third-order valence-corrected chi connectivity index (χ3v) is 3.23. The standard InChI is InChI=1S/C15H18N2O2/c1-17(8-9-19-11-13-2-3-13)15(18)14-6-4-12(10-16)5-7-14/h4-7,13H,2-3,8-9,11H2,1H3. The van der Waals surface area contributed by atoms with E-state index < -0.39 is 0 Å². The number of carbonyl (C=O) groups excluding carboxylic acids is 1. The van der Waals surface area contributed by atoms with E-state index in [0.29, 0.717) is 24.3 Å². The normalized spacial score (nSPS) is 13.9. The van der Waals surface area contributed by atoms with Crippen molar-refractivity contribution in [1.29, 1.82) is 5.26 Å². The molecular weight excluding hydrogens is 240 g/mol. The number of rotatable bonds is 6. The Kier molecular flexibility index (Phi) is 4.53. The van der Waals surface area contributed by atoms with Gasteiger partial charge in [0.25, 0.3) is 5.91 Å². The van der Waals surface area contributed by atoms with Crippen LogP contribution in [0.3, 0.4) is 0 Å². The van der Waals surface area contributed by atoms with E-state index in [4.69, 9.17) is 10.00 Å². The van der Waals surface area contributed by atoms with Gasteiger partial charge in [-0.05, 0) is 43.0 Å². The first-order valence-corrected chi connectivity index (χ1v) is 6.54. The molecule has 1 fully saturated rings. The molecule has 1 aliphatic carbocycles. The number of hydrogen-bond donors (Lipinski definition) is 0. The van der Waals surface area contributed by atoms with Crippen molar-refractivity contribution in [3.05, 3.63) is 35.4 Å². The van der Waals surface area contributed by atoms with E-state index in [1.807, 2.05) is 6.07 Å². The Labute approximate surface area is 113 Å². The zero-order valence-electron chi connectivity index (χ0n) is 11.1. The van der Waals surface area contributed by atoms with Crippen LogP contribution >= 0.6 is 0 Å². The van der Waals surface area contributed by atoms with Crippen molar-refractivity contribution in [1.82, 2.24) is 4.90 Å². The van der Waals surface area contributed by atoms with Gasteiger partial charge in [0.2, 0.25) is 0 Å². The van der Waals surface area contributed by atoms with Gasteiger partial charge in [-0.15, -0.1) is 0 Å². The molecule has 0 aliphatic heterocycles. The molecule has 0 radical (unpaired) electrons. The highest BCUT2D eigenvalue weighted by molar-refractivity contribution is 5.94. The number of nitrogens with zero attached hydrogens (tertiary/aromatic N) is 2. The summed E-state index contributed by atoms with van der Waals surface area (Å²) in [6.07, 6.45) is 2.56. The van der Waals surface area contributed by atoms with E-state index in [1.165, 1.54) is 12.8 Å². The minimum absolute atomic E-state index is 0.0421. The van der Waals surface area contributed by atoms with E-state index >= 15 is 0 Å². The average molecular weight is 258 g/mol. The highest BCUT2D eigenvalue weighted by Gasteiger charge is 2.21. The number of benzene rings is 1. The Bertz CT molecular complexity index is 472. The Hall–Kier alpha value is -1.86. The van der Waals surface area contributed by atoms with Crippen LogP contribution in [0.15, 0.2) is 24.3 Å². The van der Waals surface area contributed by atoms with Crippen molar-refractivity contribution in [2.45, 2.75) is 12.8 Å². The van der Waals surface area contributed by atoms with Crippen LogP contribution in [0.2, 0.25) is 0 Å². The highest BCUT2D eigenvalue weighted by Crippen LogP contribution is 2.28. The predicted molar refractivity (Wildman–Crippen MR) is 71.7 cm³/mol. The second-order valence-corrected chi connectivity index (χ2v) is 4.93. The first-order chi connectivity index (χ1) is 9.20. The van der Waals surface area contributed by atoms with E-state index in [1.54, 1.807) is 36.2 Å². The fourth-order valence-corrected chi connectivity index (χ4v) is 1.75. The van der Waals surface area contributed by atoms with Gasteiger partial charge in [0.15, 0.2) is 0 Å². The molecule has 4 nitrogen and oxygen atoms in total. The summed E-state index contributed by atoms with van der Waals surface area (Å²) in [4.78, 5) is 13.7. The Balaban J connectivity index is 1.78. The molecule has 0 unspecified atom stereocenters. The first-order valence-electron chi connectivity index (χ1n) is 6.54. The smallest absolute Gasteiger partial charge is 0.253 e. The molecule has 100 valence electrons. The number of nitriles is 1. The van der Waals surface area contributed by atoms with Crippen LogP contribution in [-0.4, -0.2) is 37.6 Å². The van der Waals surface area contributed by atoms with Gasteiger partial charge in [-0.2, -0.15) is 5.26 Å². The van der Waals surface area contributed by atoms with Crippen LogP contribution in [0.1, 0.15) is 28.8 Å². The van der Waals surface area contributed by atoms with Gasteiger partial charge in [-0.3, -0.25) is 4.79 Å². The maximum atomic E-state index is 12.1. The maximum absolute atomic E-state index is 12.1. The van der Waals surface area contributed by atoms with Crippen LogP contribution in [0, 0.1) is 17.2 Å². The molecule has 0 saturated heterocycles. The molecule has 1 amide bonds. The molecule has 19 heavy (non-hydrogen) atoms. The summed E-state index contributed by atoms with van der Waals surface area (Å²) in [5, 5.41) is 8.71. The van der Waals surface area contributed by atoms with Crippen molar-refractivity contribution >= 4 is 5.91 Å². The lowest BCUT2D eigenvalue weighted by Crippen LogP contribution is -2.30.